The van der Waals surface area contributed by atoms with Crippen LogP contribution in [0.4, 0.5) is 0 Å². The van der Waals surface area contributed by atoms with E-state index in [0.29, 0.717) is 6.16 Å². The largest absolute Gasteiger partial charge is 0.350 e. The molecule has 0 saturated carbocycles. The number of unbranched alkanes of at least 4 members (excludes halogenated alkanes) is 2. The molecule has 96 valence electrons. The number of hydrogen-bond donors (Lipinski definition) is 2. The van der Waals surface area contributed by atoms with Gasteiger partial charge in [-0.15, -0.1) is 0 Å². The Bertz CT molecular complexity index is 313. The Morgan fingerprint density at radius 1 is 0.941 bits per heavy atom. The van der Waals surface area contributed by atoms with Crippen LogP contribution in [-0.2, 0) is 12.8 Å². The smallest absolute Gasteiger partial charge is 0.164 e. The molecule has 2 N–H and O–H groups in total. The lowest BCUT2D eigenvalue weighted by Gasteiger charge is -2.09. The molecule has 0 heterocycles. The molecule has 2 nitrogen and oxygen atoms in total. The first-order valence-electron chi connectivity index (χ1n) is 6.46. The first kappa shape index (κ1) is 14.6. The highest BCUT2D eigenvalue weighted by atomic mass is 31.2. The van der Waals surface area contributed by atoms with Gasteiger partial charge in [-0.05, 0) is 43.2 Å². The molecule has 1 aromatic carbocycles. The van der Waals surface area contributed by atoms with Crippen LogP contribution in [0.2, 0.25) is 0 Å². The number of benzene rings is 1. The van der Waals surface area contributed by atoms with E-state index >= 15 is 0 Å². The predicted octanol–water partition coefficient (Wildman–Crippen LogP) is 3.65. The van der Waals surface area contributed by atoms with Crippen molar-refractivity contribution in [2.45, 2.75) is 45.4 Å². The fourth-order valence-electron chi connectivity index (χ4n) is 1.98. The molecule has 0 amide bonds. The van der Waals surface area contributed by atoms with Gasteiger partial charge in [-0.2, -0.15) is 0 Å². The monoisotopic (exact) mass is 254 g/mol. The van der Waals surface area contributed by atoms with E-state index in [0.717, 1.165) is 19.3 Å². The summed E-state index contributed by atoms with van der Waals surface area (Å²) in [5.41, 5.74) is 2.89. The van der Waals surface area contributed by atoms with Crippen LogP contribution in [0.1, 0.15) is 43.7 Å². The standard InChI is InChI=1S/C14H23O2P/c1-2-3-8-13-9-4-5-10-14(13)11-6-7-12-17(15)16/h4-5,9-10,15-16H,2-3,6-8,11-12H2,1H3. The van der Waals surface area contributed by atoms with Gasteiger partial charge in [-0.3, -0.25) is 0 Å². The van der Waals surface area contributed by atoms with E-state index in [1.165, 1.54) is 30.4 Å². The van der Waals surface area contributed by atoms with Crippen molar-refractivity contribution in [2.75, 3.05) is 6.16 Å². The summed E-state index contributed by atoms with van der Waals surface area (Å²) in [7, 11) is -1.70. The van der Waals surface area contributed by atoms with Crippen LogP contribution >= 0.6 is 8.38 Å². The van der Waals surface area contributed by atoms with E-state index in [1.54, 1.807) is 0 Å². The van der Waals surface area contributed by atoms with Crippen molar-refractivity contribution >= 4 is 8.38 Å². The minimum Gasteiger partial charge on any atom is -0.350 e. The van der Waals surface area contributed by atoms with E-state index < -0.39 is 8.38 Å². The number of aryl methyl sites for hydroxylation is 2. The van der Waals surface area contributed by atoms with Crippen LogP contribution in [0.15, 0.2) is 24.3 Å². The van der Waals surface area contributed by atoms with Crippen LogP contribution in [0, 0.1) is 0 Å². The number of rotatable bonds is 8. The van der Waals surface area contributed by atoms with E-state index in [9.17, 15) is 0 Å². The molecule has 17 heavy (non-hydrogen) atoms. The Morgan fingerprint density at radius 2 is 1.53 bits per heavy atom. The molecule has 0 fully saturated rings. The third-order valence-electron chi connectivity index (χ3n) is 2.97. The lowest BCUT2D eigenvalue weighted by atomic mass is 9.98. The third-order valence-corrected chi connectivity index (χ3v) is 3.69. The Labute approximate surface area is 106 Å². The van der Waals surface area contributed by atoms with Gasteiger partial charge in [0.05, 0.1) is 0 Å². The highest BCUT2D eigenvalue weighted by Crippen LogP contribution is 2.25. The molecule has 1 aromatic rings. The van der Waals surface area contributed by atoms with Gasteiger partial charge in [-0.25, -0.2) is 0 Å². The van der Waals surface area contributed by atoms with Gasteiger partial charge in [0.2, 0.25) is 0 Å². The lowest BCUT2D eigenvalue weighted by molar-refractivity contribution is 0.479. The minimum atomic E-state index is -1.70. The van der Waals surface area contributed by atoms with Crippen LogP contribution in [-0.4, -0.2) is 15.9 Å². The summed E-state index contributed by atoms with van der Waals surface area (Å²) in [6.45, 7) is 2.22. The highest BCUT2D eigenvalue weighted by molar-refractivity contribution is 7.45. The van der Waals surface area contributed by atoms with Crippen LogP contribution < -0.4 is 0 Å². The molecule has 0 saturated heterocycles. The second kappa shape index (κ2) is 8.63. The first-order valence-corrected chi connectivity index (χ1v) is 7.89. The maximum absolute atomic E-state index is 8.84. The molecule has 0 bridgehead atoms. The topological polar surface area (TPSA) is 40.5 Å². The normalized spacial score (nSPS) is 11.1. The van der Waals surface area contributed by atoms with Gasteiger partial charge in [0.1, 0.15) is 0 Å². The van der Waals surface area contributed by atoms with Crippen molar-refractivity contribution in [3.05, 3.63) is 35.4 Å². The summed E-state index contributed by atoms with van der Waals surface area (Å²) in [4.78, 5) is 17.7. The maximum Gasteiger partial charge on any atom is 0.164 e. The van der Waals surface area contributed by atoms with Crippen molar-refractivity contribution in [2.24, 2.45) is 0 Å². The molecule has 1 rings (SSSR count). The average Bonchev–Trinajstić information content (AvgIpc) is 2.33. The quantitative estimate of drug-likeness (QED) is 0.549. The highest BCUT2D eigenvalue weighted by Gasteiger charge is 2.03. The lowest BCUT2D eigenvalue weighted by Crippen LogP contribution is -1.95. The maximum atomic E-state index is 8.84. The van der Waals surface area contributed by atoms with E-state index in [-0.39, 0.29) is 0 Å². The van der Waals surface area contributed by atoms with E-state index in [4.69, 9.17) is 9.79 Å². The summed E-state index contributed by atoms with van der Waals surface area (Å²) < 4.78 is 0. The van der Waals surface area contributed by atoms with Crippen molar-refractivity contribution < 1.29 is 9.79 Å². The van der Waals surface area contributed by atoms with Gasteiger partial charge >= 0.3 is 0 Å². The zero-order chi connectivity index (χ0) is 12.5. The second-order valence-corrected chi connectivity index (χ2v) is 5.62. The molecule has 0 spiro atoms. The van der Waals surface area contributed by atoms with E-state index in [2.05, 4.69) is 31.2 Å². The summed E-state index contributed by atoms with van der Waals surface area (Å²) in [5, 5.41) is 0. The molecular formula is C14H23O2P. The SMILES string of the molecule is CCCCc1ccccc1CCCCP(O)O. The summed E-state index contributed by atoms with van der Waals surface area (Å²) in [5.74, 6) is 0. The van der Waals surface area contributed by atoms with E-state index in [1.807, 2.05) is 0 Å². The molecule has 0 unspecified atom stereocenters. The van der Waals surface area contributed by atoms with Gasteiger partial charge in [-0.1, -0.05) is 37.6 Å². The molecule has 0 aliphatic heterocycles. The Hall–Kier alpha value is -0.430. The first-order chi connectivity index (χ1) is 8.24. The minimum absolute atomic E-state index is 0.548. The Kier molecular flexibility index (Phi) is 7.43. The molecule has 0 radical (unpaired) electrons. The Morgan fingerprint density at radius 3 is 2.06 bits per heavy atom. The van der Waals surface area contributed by atoms with Gasteiger partial charge in [0, 0.05) is 6.16 Å². The van der Waals surface area contributed by atoms with Gasteiger partial charge in [0.15, 0.2) is 8.38 Å². The number of hydrogen-bond acceptors (Lipinski definition) is 2. The molecule has 0 aromatic heterocycles. The molecule has 0 aliphatic carbocycles. The summed E-state index contributed by atoms with van der Waals surface area (Å²) in [6, 6.07) is 8.62. The predicted molar refractivity (Wildman–Crippen MR) is 74.2 cm³/mol. The van der Waals surface area contributed by atoms with Crippen LogP contribution in [0.3, 0.4) is 0 Å². The van der Waals surface area contributed by atoms with Gasteiger partial charge < -0.3 is 9.79 Å². The molecule has 0 aliphatic rings. The Balaban J connectivity index is 2.40. The fraction of sp³-hybridized carbons (Fsp3) is 0.571. The zero-order valence-corrected chi connectivity index (χ0v) is 11.5. The summed E-state index contributed by atoms with van der Waals surface area (Å²) in [6.07, 6.45) is 7.20. The second-order valence-electron chi connectivity index (χ2n) is 4.43. The average molecular weight is 254 g/mol. The van der Waals surface area contributed by atoms with Crippen molar-refractivity contribution in [3.8, 4) is 0 Å². The van der Waals surface area contributed by atoms with Crippen molar-refractivity contribution in [1.29, 1.82) is 0 Å². The van der Waals surface area contributed by atoms with Crippen LogP contribution in [0.5, 0.6) is 0 Å². The zero-order valence-electron chi connectivity index (χ0n) is 10.6. The van der Waals surface area contributed by atoms with Crippen LogP contribution in [0.25, 0.3) is 0 Å². The van der Waals surface area contributed by atoms with Crippen molar-refractivity contribution in [3.63, 3.8) is 0 Å². The molecule has 0 atom stereocenters. The molecular weight excluding hydrogens is 231 g/mol. The third kappa shape index (κ3) is 6.16. The molecule has 3 heteroatoms. The van der Waals surface area contributed by atoms with Crippen molar-refractivity contribution in [1.82, 2.24) is 0 Å². The summed E-state index contributed by atoms with van der Waals surface area (Å²) >= 11 is 0. The van der Waals surface area contributed by atoms with Gasteiger partial charge in [0.25, 0.3) is 0 Å². The fourth-order valence-corrected chi connectivity index (χ4v) is 2.49.